The molecule has 0 spiro atoms. The van der Waals surface area contributed by atoms with E-state index in [9.17, 15) is 5.11 Å². The van der Waals surface area contributed by atoms with Crippen LogP contribution >= 0.6 is 0 Å². The molecule has 0 radical (unpaired) electrons. The summed E-state index contributed by atoms with van der Waals surface area (Å²) in [7, 11) is 1.62. The molecule has 0 aromatic heterocycles. The topological polar surface area (TPSA) is 41.9 Å². The number of benzene rings is 1. The highest BCUT2D eigenvalue weighted by molar-refractivity contribution is 5.39. The molecular weight excluding hydrogens is 266 g/mol. The van der Waals surface area contributed by atoms with Crippen molar-refractivity contribution in [3.05, 3.63) is 24.3 Å². The van der Waals surface area contributed by atoms with Crippen LogP contribution in [0.25, 0.3) is 0 Å². The lowest BCUT2D eigenvalue weighted by Gasteiger charge is -2.35. The molecule has 118 valence electrons. The molecule has 0 bridgehead atoms. The summed E-state index contributed by atoms with van der Waals surface area (Å²) in [5.41, 5.74) is 0. The molecule has 3 unspecified atom stereocenters. The largest absolute Gasteiger partial charge is 0.493 e. The van der Waals surface area contributed by atoms with E-state index >= 15 is 0 Å². The molecule has 1 heterocycles. The second kappa shape index (κ2) is 7.66. The zero-order valence-corrected chi connectivity index (χ0v) is 13.3. The van der Waals surface area contributed by atoms with Crippen LogP contribution in [0.1, 0.15) is 20.3 Å². The maximum Gasteiger partial charge on any atom is 0.161 e. The minimum absolute atomic E-state index is 0.291. The summed E-state index contributed by atoms with van der Waals surface area (Å²) in [6, 6.07) is 7.52. The first-order valence-electron chi connectivity index (χ1n) is 7.74. The number of hydrogen-bond acceptors (Lipinski definition) is 4. The van der Waals surface area contributed by atoms with Gasteiger partial charge in [0.2, 0.25) is 0 Å². The van der Waals surface area contributed by atoms with Gasteiger partial charge in [0.15, 0.2) is 11.5 Å². The van der Waals surface area contributed by atoms with Crippen molar-refractivity contribution < 1.29 is 14.6 Å². The van der Waals surface area contributed by atoms with Crippen LogP contribution in [0, 0.1) is 11.8 Å². The molecule has 4 heteroatoms. The summed E-state index contributed by atoms with van der Waals surface area (Å²) in [6.07, 6.45) is 0.803. The Balaban J connectivity index is 1.80. The van der Waals surface area contributed by atoms with E-state index in [0.717, 1.165) is 13.1 Å². The summed E-state index contributed by atoms with van der Waals surface area (Å²) in [5.74, 6) is 2.79. The zero-order valence-electron chi connectivity index (χ0n) is 13.3. The fraction of sp³-hybridized carbons (Fsp3) is 0.647. The van der Waals surface area contributed by atoms with Crippen LogP contribution in [-0.2, 0) is 0 Å². The lowest BCUT2D eigenvalue weighted by atomic mass is 9.92. The molecule has 1 aromatic rings. The predicted molar refractivity (Wildman–Crippen MR) is 83.9 cm³/mol. The second-order valence-electron chi connectivity index (χ2n) is 6.28. The number of nitrogens with zero attached hydrogens (tertiary/aromatic N) is 1. The Labute approximate surface area is 127 Å². The van der Waals surface area contributed by atoms with Crippen molar-refractivity contribution in [3.63, 3.8) is 0 Å². The van der Waals surface area contributed by atoms with Gasteiger partial charge in [0.05, 0.1) is 7.11 Å². The Morgan fingerprint density at radius 3 is 2.43 bits per heavy atom. The standard InChI is InChI=1S/C17H27NO3/c1-13-8-14(2)10-18(9-13)11-15(19)12-21-17-7-5-4-6-16(17)20-3/h4-7,13-15,19H,8-12H2,1-3H3. The monoisotopic (exact) mass is 293 g/mol. The van der Waals surface area contributed by atoms with Crippen LogP contribution in [-0.4, -0.2) is 49.5 Å². The molecule has 0 aliphatic carbocycles. The maximum absolute atomic E-state index is 10.2. The summed E-state index contributed by atoms with van der Waals surface area (Å²) >= 11 is 0. The van der Waals surface area contributed by atoms with E-state index in [2.05, 4.69) is 18.7 Å². The zero-order chi connectivity index (χ0) is 15.2. The summed E-state index contributed by atoms with van der Waals surface area (Å²) in [5, 5.41) is 10.2. The van der Waals surface area contributed by atoms with Crippen molar-refractivity contribution in [1.82, 2.24) is 4.90 Å². The fourth-order valence-corrected chi connectivity index (χ4v) is 3.22. The molecule has 21 heavy (non-hydrogen) atoms. The first-order valence-corrected chi connectivity index (χ1v) is 7.74. The van der Waals surface area contributed by atoms with Gasteiger partial charge in [-0.1, -0.05) is 26.0 Å². The van der Waals surface area contributed by atoms with E-state index in [4.69, 9.17) is 9.47 Å². The van der Waals surface area contributed by atoms with Crippen molar-refractivity contribution in [1.29, 1.82) is 0 Å². The number of aliphatic hydroxyl groups excluding tert-OH is 1. The molecule has 1 aliphatic heterocycles. The average Bonchev–Trinajstić information content (AvgIpc) is 2.44. The van der Waals surface area contributed by atoms with Gasteiger partial charge in [0.25, 0.3) is 0 Å². The molecule has 1 aromatic carbocycles. The number of rotatable bonds is 6. The number of methoxy groups -OCH3 is 1. The third-order valence-corrected chi connectivity index (χ3v) is 3.91. The lowest BCUT2D eigenvalue weighted by Crippen LogP contribution is -2.44. The number of piperidine rings is 1. The predicted octanol–water partition coefficient (Wildman–Crippen LogP) is 2.41. The lowest BCUT2D eigenvalue weighted by molar-refractivity contribution is 0.0423. The molecule has 1 N–H and O–H groups in total. The van der Waals surface area contributed by atoms with Gasteiger partial charge in [-0.2, -0.15) is 0 Å². The molecule has 0 amide bonds. The van der Waals surface area contributed by atoms with Gasteiger partial charge in [-0.25, -0.2) is 0 Å². The van der Waals surface area contributed by atoms with E-state index in [1.54, 1.807) is 7.11 Å². The molecule has 1 saturated heterocycles. The van der Waals surface area contributed by atoms with Crippen LogP contribution in [0.2, 0.25) is 0 Å². The quantitative estimate of drug-likeness (QED) is 0.874. The third-order valence-electron chi connectivity index (χ3n) is 3.91. The van der Waals surface area contributed by atoms with Crippen molar-refractivity contribution in [2.45, 2.75) is 26.4 Å². The molecule has 2 rings (SSSR count). The SMILES string of the molecule is COc1ccccc1OCC(O)CN1CC(C)CC(C)C1. The first kappa shape index (κ1) is 16.1. The van der Waals surface area contributed by atoms with E-state index in [-0.39, 0.29) is 0 Å². The summed E-state index contributed by atoms with van der Waals surface area (Å²) in [4.78, 5) is 2.34. The number of ether oxygens (including phenoxy) is 2. The average molecular weight is 293 g/mol. The highest BCUT2D eigenvalue weighted by Gasteiger charge is 2.23. The van der Waals surface area contributed by atoms with Crippen molar-refractivity contribution in [2.75, 3.05) is 33.4 Å². The molecule has 0 saturated carbocycles. The number of β-amino-alcohol motifs (C(OH)–C–C–N with tert-alkyl or cyclic N) is 1. The van der Waals surface area contributed by atoms with Crippen LogP contribution in [0.3, 0.4) is 0 Å². The fourth-order valence-electron chi connectivity index (χ4n) is 3.22. The maximum atomic E-state index is 10.2. The van der Waals surface area contributed by atoms with Crippen molar-refractivity contribution in [2.24, 2.45) is 11.8 Å². The van der Waals surface area contributed by atoms with Gasteiger partial charge < -0.3 is 19.5 Å². The molecular formula is C17H27NO3. The highest BCUT2D eigenvalue weighted by Crippen LogP contribution is 2.26. The Bertz CT molecular complexity index is 428. The molecule has 1 fully saturated rings. The highest BCUT2D eigenvalue weighted by atomic mass is 16.5. The number of aliphatic hydroxyl groups is 1. The van der Waals surface area contributed by atoms with Crippen molar-refractivity contribution >= 4 is 0 Å². The third kappa shape index (κ3) is 4.90. The number of likely N-dealkylation sites (tertiary alicyclic amines) is 1. The van der Waals surface area contributed by atoms with Crippen LogP contribution in [0.5, 0.6) is 11.5 Å². The minimum Gasteiger partial charge on any atom is -0.493 e. The normalized spacial score (nSPS) is 24.6. The van der Waals surface area contributed by atoms with Gasteiger partial charge in [-0.3, -0.25) is 0 Å². The van der Waals surface area contributed by atoms with Gasteiger partial charge in [-0.15, -0.1) is 0 Å². The minimum atomic E-state index is -0.479. The van der Waals surface area contributed by atoms with Crippen LogP contribution < -0.4 is 9.47 Å². The Morgan fingerprint density at radius 2 is 1.81 bits per heavy atom. The smallest absolute Gasteiger partial charge is 0.161 e. The van der Waals surface area contributed by atoms with Crippen LogP contribution in [0.15, 0.2) is 24.3 Å². The van der Waals surface area contributed by atoms with Gasteiger partial charge in [-0.05, 0) is 30.4 Å². The summed E-state index contributed by atoms with van der Waals surface area (Å²) < 4.78 is 10.9. The molecule has 3 atom stereocenters. The van der Waals surface area contributed by atoms with Crippen molar-refractivity contribution in [3.8, 4) is 11.5 Å². The van der Waals surface area contributed by atoms with Gasteiger partial charge >= 0.3 is 0 Å². The summed E-state index contributed by atoms with van der Waals surface area (Å²) in [6.45, 7) is 7.65. The Hall–Kier alpha value is -1.26. The Kier molecular flexibility index (Phi) is 5.88. The second-order valence-corrected chi connectivity index (χ2v) is 6.28. The number of hydrogen-bond donors (Lipinski definition) is 1. The van der Waals surface area contributed by atoms with E-state index in [1.165, 1.54) is 6.42 Å². The van der Waals surface area contributed by atoms with E-state index < -0.39 is 6.10 Å². The van der Waals surface area contributed by atoms with Gasteiger partial charge in [0.1, 0.15) is 12.7 Å². The Morgan fingerprint density at radius 1 is 1.19 bits per heavy atom. The van der Waals surface area contributed by atoms with E-state index in [0.29, 0.717) is 36.5 Å². The number of para-hydroxylation sites is 2. The van der Waals surface area contributed by atoms with Crippen LogP contribution in [0.4, 0.5) is 0 Å². The van der Waals surface area contributed by atoms with E-state index in [1.807, 2.05) is 24.3 Å². The first-order chi connectivity index (χ1) is 10.1. The van der Waals surface area contributed by atoms with Gasteiger partial charge in [0, 0.05) is 19.6 Å². The molecule has 4 nitrogen and oxygen atoms in total. The molecule has 1 aliphatic rings.